The van der Waals surface area contributed by atoms with E-state index >= 15 is 0 Å². The minimum atomic E-state index is -0.525. The van der Waals surface area contributed by atoms with E-state index in [4.69, 9.17) is 22.5 Å². The molecule has 0 atom stereocenters. The number of nitrogens with one attached hydrogen (secondary N) is 2. The first kappa shape index (κ1) is 15.9. The lowest BCUT2D eigenvalue weighted by Crippen LogP contribution is -2.27. The molecular formula is C15H20ClN5O2. The van der Waals surface area contributed by atoms with Crippen molar-refractivity contribution in [3.05, 3.63) is 23.0 Å². The van der Waals surface area contributed by atoms with E-state index in [0.717, 1.165) is 18.5 Å². The standard InChI is InChI=1S/C15H20ClN5O2/c16-10-6-11(17)15-19-14(18-7-12(22)20-23)13(21(15)8-10)9-4-2-1-3-5-9/h6,8-9,18,23H,1-5,7,17H2,(H,20,22). The number of hydrogen-bond donors (Lipinski definition) is 4. The van der Waals surface area contributed by atoms with Crippen LogP contribution >= 0.6 is 11.6 Å². The number of imidazole rings is 1. The third kappa shape index (κ3) is 3.20. The van der Waals surface area contributed by atoms with Crippen LogP contribution in [0.4, 0.5) is 11.5 Å². The predicted molar refractivity (Wildman–Crippen MR) is 88.9 cm³/mol. The summed E-state index contributed by atoms with van der Waals surface area (Å²) >= 11 is 6.15. The summed E-state index contributed by atoms with van der Waals surface area (Å²) in [6.45, 7) is -0.0618. The van der Waals surface area contributed by atoms with Crippen molar-refractivity contribution in [3.8, 4) is 0 Å². The number of anilines is 2. The van der Waals surface area contributed by atoms with E-state index in [9.17, 15) is 4.79 Å². The number of halogens is 1. The number of fused-ring (bicyclic) bond motifs is 1. The van der Waals surface area contributed by atoms with Crippen molar-refractivity contribution in [1.82, 2.24) is 14.9 Å². The zero-order valence-electron chi connectivity index (χ0n) is 12.7. The highest BCUT2D eigenvalue weighted by Gasteiger charge is 2.25. The van der Waals surface area contributed by atoms with Gasteiger partial charge >= 0.3 is 0 Å². The molecular weight excluding hydrogens is 318 g/mol. The number of nitrogens with two attached hydrogens (primary N) is 1. The van der Waals surface area contributed by atoms with Gasteiger partial charge in [-0.05, 0) is 18.9 Å². The van der Waals surface area contributed by atoms with Crippen molar-refractivity contribution in [2.75, 3.05) is 17.6 Å². The van der Waals surface area contributed by atoms with Gasteiger partial charge in [0.2, 0.25) is 0 Å². The molecule has 1 amide bonds. The number of aromatic nitrogens is 2. The lowest BCUT2D eigenvalue weighted by Gasteiger charge is -2.22. The Morgan fingerprint density at radius 3 is 2.87 bits per heavy atom. The van der Waals surface area contributed by atoms with Gasteiger partial charge in [-0.1, -0.05) is 30.9 Å². The zero-order valence-corrected chi connectivity index (χ0v) is 13.4. The van der Waals surface area contributed by atoms with Crippen LogP contribution in [0, 0.1) is 0 Å². The highest BCUT2D eigenvalue weighted by Crippen LogP contribution is 2.38. The second-order valence-electron chi connectivity index (χ2n) is 5.88. The van der Waals surface area contributed by atoms with Crippen molar-refractivity contribution in [3.63, 3.8) is 0 Å². The van der Waals surface area contributed by atoms with Crippen LogP contribution in [0.1, 0.15) is 43.7 Å². The fourth-order valence-electron chi connectivity index (χ4n) is 3.25. The Balaban J connectivity index is 2.05. The van der Waals surface area contributed by atoms with E-state index < -0.39 is 5.91 Å². The Bertz CT molecular complexity index is 724. The van der Waals surface area contributed by atoms with Crippen molar-refractivity contribution in [1.29, 1.82) is 0 Å². The zero-order chi connectivity index (χ0) is 16.4. The molecule has 8 heteroatoms. The van der Waals surface area contributed by atoms with Crippen molar-refractivity contribution in [2.45, 2.75) is 38.0 Å². The topological polar surface area (TPSA) is 105 Å². The fourth-order valence-corrected chi connectivity index (χ4v) is 3.47. The monoisotopic (exact) mass is 337 g/mol. The van der Waals surface area contributed by atoms with Crippen LogP contribution in [-0.2, 0) is 4.79 Å². The predicted octanol–water partition coefficient (Wildman–Crippen LogP) is 2.53. The number of rotatable bonds is 4. The van der Waals surface area contributed by atoms with Crippen LogP contribution in [0.25, 0.3) is 5.65 Å². The summed E-state index contributed by atoms with van der Waals surface area (Å²) in [6.07, 6.45) is 7.53. The first-order valence-corrected chi connectivity index (χ1v) is 8.11. The number of hydrogen-bond acceptors (Lipinski definition) is 5. The van der Waals surface area contributed by atoms with Gasteiger partial charge in [0.05, 0.1) is 22.9 Å². The lowest BCUT2D eigenvalue weighted by atomic mass is 9.87. The maximum absolute atomic E-state index is 11.3. The van der Waals surface area contributed by atoms with E-state index in [1.54, 1.807) is 11.5 Å². The lowest BCUT2D eigenvalue weighted by molar-refractivity contribution is -0.127. The van der Waals surface area contributed by atoms with Crippen LogP contribution in [0.2, 0.25) is 5.02 Å². The van der Waals surface area contributed by atoms with Crippen LogP contribution in [0.3, 0.4) is 0 Å². The van der Waals surface area contributed by atoms with Crippen LogP contribution in [0.15, 0.2) is 12.3 Å². The number of nitrogen functional groups attached to an aromatic ring is 1. The minimum Gasteiger partial charge on any atom is -0.396 e. The summed E-state index contributed by atoms with van der Waals surface area (Å²) in [5.41, 5.74) is 9.76. The molecule has 1 fully saturated rings. The molecule has 0 unspecified atom stereocenters. The van der Waals surface area contributed by atoms with Gasteiger partial charge < -0.3 is 11.1 Å². The summed E-state index contributed by atoms with van der Waals surface area (Å²) in [4.78, 5) is 15.8. The van der Waals surface area contributed by atoms with Gasteiger partial charge in [0.15, 0.2) is 5.65 Å². The van der Waals surface area contributed by atoms with E-state index in [1.165, 1.54) is 19.3 Å². The molecule has 0 aliphatic heterocycles. The molecule has 3 rings (SSSR count). The molecule has 0 spiro atoms. The third-order valence-electron chi connectivity index (χ3n) is 4.29. The molecule has 7 nitrogen and oxygen atoms in total. The Morgan fingerprint density at radius 2 is 2.17 bits per heavy atom. The molecule has 2 heterocycles. The molecule has 0 radical (unpaired) electrons. The summed E-state index contributed by atoms with van der Waals surface area (Å²) in [5, 5.41) is 12.2. The van der Waals surface area contributed by atoms with Crippen molar-refractivity contribution < 1.29 is 10.0 Å². The fraction of sp³-hybridized carbons (Fsp3) is 0.467. The molecule has 2 aromatic rings. The number of nitrogens with zero attached hydrogens (tertiary/aromatic N) is 2. The smallest absolute Gasteiger partial charge is 0.262 e. The van der Waals surface area contributed by atoms with Gasteiger partial charge in [-0.25, -0.2) is 10.5 Å². The molecule has 23 heavy (non-hydrogen) atoms. The van der Waals surface area contributed by atoms with Crippen LogP contribution in [-0.4, -0.2) is 27.0 Å². The summed E-state index contributed by atoms with van der Waals surface area (Å²) in [7, 11) is 0. The Morgan fingerprint density at radius 1 is 1.43 bits per heavy atom. The van der Waals surface area contributed by atoms with Gasteiger partial charge in [0, 0.05) is 12.1 Å². The van der Waals surface area contributed by atoms with Gasteiger partial charge in [-0.15, -0.1) is 0 Å². The maximum atomic E-state index is 11.3. The molecule has 0 bridgehead atoms. The number of amides is 1. The molecule has 124 valence electrons. The van der Waals surface area contributed by atoms with Gasteiger partial charge in [-0.2, -0.15) is 0 Å². The number of carbonyl (C=O) groups excluding carboxylic acids is 1. The maximum Gasteiger partial charge on any atom is 0.262 e. The Kier molecular flexibility index (Phi) is 4.58. The van der Waals surface area contributed by atoms with Crippen molar-refractivity contribution in [2.24, 2.45) is 0 Å². The summed E-state index contributed by atoms with van der Waals surface area (Å²) in [5.74, 6) is 0.438. The highest BCUT2D eigenvalue weighted by molar-refractivity contribution is 6.30. The van der Waals surface area contributed by atoms with Gasteiger partial charge in [0.1, 0.15) is 5.82 Å². The normalized spacial score (nSPS) is 15.7. The SMILES string of the molecule is Nc1cc(Cl)cn2c(C3CCCCC3)c(NCC(=O)NO)nc12. The Labute approximate surface area is 138 Å². The van der Waals surface area contributed by atoms with Crippen LogP contribution < -0.4 is 16.5 Å². The molecule has 1 aliphatic carbocycles. The van der Waals surface area contributed by atoms with Gasteiger partial charge in [-0.3, -0.25) is 14.4 Å². The minimum absolute atomic E-state index is 0.0618. The average Bonchev–Trinajstić information content (AvgIpc) is 2.92. The largest absolute Gasteiger partial charge is 0.396 e. The molecule has 0 saturated heterocycles. The van der Waals surface area contributed by atoms with Gasteiger partial charge in [0.25, 0.3) is 5.91 Å². The molecule has 0 aromatic carbocycles. The van der Waals surface area contributed by atoms with E-state index in [1.807, 2.05) is 10.6 Å². The first-order valence-electron chi connectivity index (χ1n) is 7.74. The molecule has 1 saturated carbocycles. The molecule has 2 aromatic heterocycles. The first-order chi connectivity index (χ1) is 11.1. The van der Waals surface area contributed by atoms with Crippen LogP contribution in [0.5, 0.6) is 0 Å². The summed E-state index contributed by atoms with van der Waals surface area (Å²) < 4.78 is 1.92. The van der Waals surface area contributed by atoms with Crippen molar-refractivity contribution >= 4 is 34.7 Å². The molecule has 5 N–H and O–H groups in total. The average molecular weight is 338 g/mol. The third-order valence-corrected chi connectivity index (χ3v) is 4.49. The number of pyridine rings is 1. The highest BCUT2D eigenvalue weighted by atomic mass is 35.5. The van der Waals surface area contributed by atoms with E-state index in [2.05, 4.69) is 10.3 Å². The number of carbonyl (C=O) groups is 1. The van der Waals surface area contributed by atoms with E-state index in [0.29, 0.717) is 28.1 Å². The summed E-state index contributed by atoms with van der Waals surface area (Å²) in [6, 6.07) is 1.67. The molecule has 1 aliphatic rings. The quantitative estimate of drug-likeness (QED) is 0.507. The number of hydroxylamine groups is 1. The second-order valence-corrected chi connectivity index (χ2v) is 6.31. The Hall–Kier alpha value is -1.99. The van der Waals surface area contributed by atoms with E-state index in [-0.39, 0.29) is 6.54 Å². The second kappa shape index (κ2) is 6.64.